The number of benzene rings is 1. The first-order valence-corrected chi connectivity index (χ1v) is 16.4. The number of nitrogens with one attached hydrogen (secondary N) is 1. The molecule has 0 aliphatic carbocycles. The Morgan fingerprint density at radius 3 is 1.43 bits per heavy atom. The van der Waals surface area contributed by atoms with E-state index in [1.165, 1.54) is 0 Å². The molecule has 0 saturated carbocycles. The van der Waals surface area contributed by atoms with Gasteiger partial charge in [-0.2, -0.15) is 0 Å². The lowest BCUT2D eigenvalue weighted by atomic mass is 9.95. The summed E-state index contributed by atoms with van der Waals surface area (Å²) in [6.07, 6.45) is -15.0. The number of hydrogen-bond donors (Lipinski definition) is 1. The normalized spacial score (nSPS) is 28.6. The Balaban J connectivity index is 2.16. The molecule has 1 aromatic carbocycles. The first kappa shape index (κ1) is 41.1. The number of ether oxygens (including phenoxy) is 10. The highest BCUT2D eigenvalue weighted by molar-refractivity contribution is 9.10. The first-order chi connectivity index (χ1) is 23.9. The third kappa shape index (κ3) is 12.4. The summed E-state index contributed by atoms with van der Waals surface area (Å²) in [5, 5.41) is 3.07. The predicted molar refractivity (Wildman–Crippen MR) is 171 cm³/mol. The molecular formula is C32H40BrNO17. The summed E-state index contributed by atoms with van der Waals surface area (Å²) < 4.78 is 57.5. The second kappa shape index (κ2) is 18.8. The number of halogens is 1. The van der Waals surface area contributed by atoms with E-state index in [2.05, 4.69) is 21.2 Å². The summed E-state index contributed by atoms with van der Waals surface area (Å²) in [5.74, 6) is -5.73. The monoisotopic (exact) mass is 789 g/mol. The Bertz CT molecular complexity index is 1440. The van der Waals surface area contributed by atoms with Gasteiger partial charge in [-0.25, -0.2) is 0 Å². The van der Waals surface area contributed by atoms with Gasteiger partial charge in [-0.05, 0) is 24.3 Å². The minimum absolute atomic E-state index is 0.493. The fourth-order valence-electron chi connectivity index (χ4n) is 5.34. The van der Waals surface area contributed by atoms with Gasteiger partial charge in [-0.3, -0.25) is 33.6 Å². The Hall–Kier alpha value is -4.33. The summed E-state index contributed by atoms with van der Waals surface area (Å²) in [5.41, 5.74) is 0.493. The van der Waals surface area contributed by atoms with Crippen molar-refractivity contribution in [1.29, 1.82) is 0 Å². The molecule has 51 heavy (non-hydrogen) atoms. The van der Waals surface area contributed by atoms with Gasteiger partial charge in [0, 0.05) is 58.6 Å². The van der Waals surface area contributed by atoms with Gasteiger partial charge in [0.15, 0.2) is 43.0 Å². The lowest BCUT2D eigenvalue weighted by molar-refractivity contribution is -0.343. The molecule has 2 fully saturated rings. The molecule has 19 heteroatoms. The van der Waals surface area contributed by atoms with Gasteiger partial charge in [0.05, 0.1) is 0 Å². The zero-order valence-corrected chi connectivity index (χ0v) is 30.4. The summed E-state index contributed by atoms with van der Waals surface area (Å²) in [4.78, 5) is 85.6. The predicted octanol–water partition coefficient (Wildman–Crippen LogP) is 1.48. The third-order valence-electron chi connectivity index (χ3n) is 7.08. The van der Waals surface area contributed by atoms with Crippen LogP contribution in [0.4, 0.5) is 5.69 Å². The van der Waals surface area contributed by atoms with Gasteiger partial charge in [0.25, 0.3) is 0 Å². The third-order valence-corrected chi connectivity index (χ3v) is 7.61. The van der Waals surface area contributed by atoms with Crippen LogP contribution in [0.2, 0.25) is 0 Å². The quantitative estimate of drug-likeness (QED) is 0.221. The van der Waals surface area contributed by atoms with Gasteiger partial charge >= 0.3 is 41.8 Å². The second-order valence-electron chi connectivity index (χ2n) is 11.4. The zero-order chi connectivity index (χ0) is 38.0. The van der Waals surface area contributed by atoms with Crippen molar-refractivity contribution in [3.63, 3.8) is 0 Å². The van der Waals surface area contributed by atoms with Crippen LogP contribution >= 0.6 is 15.9 Å². The molecule has 3 rings (SSSR count). The van der Waals surface area contributed by atoms with Crippen LogP contribution in [0, 0.1) is 0 Å². The molecule has 0 bridgehead atoms. The first-order valence-electron chi connectivity index (χ1n) is 15.6. The van der Waals surface area contributed by atoms with E-state index in [0.29, 0.717) is 5.69 Å². The van der Waals surface area contributed by atoms with Crippen LogP contribution in [0.15, 0.2) is 28.7 Å². The summed E-state index contributed by atoms with van der Waals surface area (Å²) in [6, 6.07) is 6.81. The van der Waals surface area contributed by atoms with Crippen LogP contribution in [0.5, 0.6) is 0 Å². The maximum absolute atomic E-state index is 12.6. The molecule has 0 aromatic heterocycles. The molecule has 0 amide bonds. The van der Waals surface area contributed by atoms with E-state index >= 15 is 0 Å². The highest BCUT2D eigenvalue weighted by atomic mass is 79.9. The molecule has 0 spiro atoms. The standard InChI is InChI=1S/C32H40BrNO17/c1-14(35)42-12-23-26(27(45-17(4)38)29(47-19(6)40)31(49-23)34-22-10-8-21(33)9-11-22)51-32-30(48-20(7)41)28(46-18(5)39)25(44-16(3)37)24(50-32)13-43-15(2)36/h8-11,23-32,34H,12-13H2,1-7H3/t23-,24?,25?,26-,27+,28?,29-,30?,31?,32?/m1/s1. The molecule has 1 N–H and O–H groups in total. The minimum Gasteiger partial charge on any atom is -0.463 e. The van der Waals surface area contributed by atoms with Crippen molar-refractivity contribution in [3.8, 4) is 0 Å². The molecule has 2 aliphatic heterocycles. The van der Waals surface area contributed by atoms with E-state index in [4.69, 9.17) is 47.4 Å². The Labute approximate surface area is 301 Å². The van der Waals surface area contributed by atoms with Crippen LogP contribution in [0.3, 0.4) is 0 Å². The molecule has 282 valence electrons. The SMILES string of the molecule is CC(=O)OCC1OC(O[C@H]2[C@H](OC(C)=O)[C@@H](OC(C)=O)C(Nc3ccc(Br)cc3)O[C@@H]2COC(C)=O)C(OC(C)=O)C(OC(C)=O)C1OC(C)=O. The molecule has 1 aromatic rings. The van der Waals surface area contributed by atoms with Crippen LogP contribution < -0.4 is 5.32 Å². The second-order valence-corrected chi connectivity index (χ2v) is 12.3. The van der Waals surface area contributed by atoms with Crippen molar-refractivity contribution < 1.29 is 80.9 Å². The lowest BCUT2D eigenvalue weighted by Crippen LogP contribution is -2.67. The summed E-state index contributed by atoms with van der Waals surface area (Å²) in [7, 11) is 0. The van der Waals surface area contributed by atoms with E-state index in [-0.39, 0.29) is 0 Å². The molecule has 2 heterocycles. The molecule has 6 unspecified atom stereocenters. The van der Waals surface area contributed by atoms with Crippen molar-refractivity contribution in [2.45, 2.75) is 110 Å². The van der Waals surface area contributed by atoms with Crippen molar-refractivity contribution >= 4 is 63.4 Å². The fourth-order valence-corrected chi connectivity index (χ4v) is 5.60. The molecular weight excluding hydrogens is 750 g/mol. The number of esters is 7. The number of carbonyl (C=O) groups is 7. The Morgan fingerprint density at radius 1 is 0.549 bits per heavy atom. The number of carbonyl (C=O) groups excluding carboxylic acids is 7. The van der Waals surface area contributed by atoms with Crippen molar-refractivity contribution in [2.75, 3.05) is 18.5 Å². The minimum atomic E-state index is -1.77. The average Bonchev–Trinajstić information content (AvgIpc) is 3.00. The highest BCUT2D eigenvalue weighted by Crippen LogP contribution is 2.35. The molecule has 2 aliphatic rings. The highest BCUT2D eigenvalue weighted by Gasteiger charge is 2.57. The van der Waals surface area contributed by atoms with E-state index in [1.54, 1.807) is 24.3 Å². The number of hydrogen-bond acceptors (Lipinski definition) is 18. The molecule has 10 atom stereocenters. The van der Waals surface area contributed by atoms with Crippen LogP contribution in [-0.4, -0.2) is 116 Å². The molecule has 18 nitrogen and oxygen atoms in total. The molecule has 2 saturated heterocycles. The van der Waals surface area contributed by atoms with Gasteiger partial charge in [-0.15, -0.1) is 0 Å². The number of anilines is 1. The van der Waals surface area contributed by atoms with Crippen molar-refractivity contribution in [3.05, 3.63) is 28.7 Å². The van der Waals surface area contributed by atoms with E-state index < -0.39 is 116 Å². The van der Waals surface area contributed by atoms with Crippen molar-refractivity contribution in [1.82, 2.24) is 0 Å². The zero-order valence-electron chi connectivity index (χ0n) is 28.8. The topological polar surface area (TPSA) is 224 Å². The largest absolute Gasteiger partial charge is 0.463 e. The van der Waals surface area contributed by atoms with Crippen LogP contribution in [0.1, 0.15) is 48.5 Å². The number of rotatable bonds is 13. The van der Waals surface area contributed by atoms with E-state index in [9.17, 15) is 33.6 Å². The summed E-state index contributed by atoms with van der Waals surface area (Å²) >= 11 is 3.35. The maximum Gasteiger partial charge on any atom is 0.303 e. The Kier molecular flexibility index (Phi) is 15.1. The van der Waals surface area contributed by atoms with Crippen LogP contribution in [-0.2, 0) is 80.9 Å². The summed E-state index contributed by atoms with van der Waals surface area (Å²) in [6.45, 7) is 6.54. The fraction of sp³-hybridized carbons (Fsp3) is 0.594. The van der Waals surface area contributed by atoms with Crippen molar-refractivity contribution in [2.24, 2.45) is 0 Å². The van der Waals surface area contributed by atoms with Gasteiger partial charge in [0.2, 0.25) is 0 Å². The maximum atomic E-state index is 12.6. The van der Waals surface area contributed by atoms with E-state index in [0.717, 1.165) is 52.9 Å². The molecule has 0 radical (unpaired) electrons. The van der Waals surface area contributed by atoms with Gasteiger partial charge < -0.3 is 52.7 Å². The van der Waals surface area contributed by atoms with Gasteiger partial charge in [-0.1, -0.05) is 15.9 Å². The Morgan fingerprint density at radius 2 is 0.961 bits per heavy atom. The lowest BCUT2D eigenvalue weighted by Gasteiger charge is -2.49. The van der Waals surface area contributed by atoms with E-state index in [1.807, 2.05) is 0 Å². The smallest absolute Gasteiger partial charge is 0.303 e. The van der Waals surface area contributed by atoms with Gasteiger partial charge in [0.1, 0.15) is 31.5 Å². The van der Waals surface area contributed by atoms with Crippen LogP contribution in [0.25, 0.3) is 0 Å². The average molecular weight is 791 g/mol.